The zero-order valence-corrected chi connectivity index (χ0v) is 16.9. The van der Waals surface area contributed by atoms with Crippen molar-refractivity contribution < 1.29 is 9.53 Å². The fourth-order valence-electron chi connectivity index (χ4n) is 4.84. The van der Waals surface area contributed by atoms with Gasteiger partial charge in [-0.25, -0.2) is 5.01 Å². The van der Waals surface area contributed by atoms with Crippen molar-refractivity contribution in [1.29, 1.82) is 0 Å². The van der Waals surface area contributed by atoms with Gasteiger partial charge < -0.3 is 9.64 Å². The highest BCUT2D eigenvalue weighted by atomic mass is 16.5. The molecule has 2 atom stereocenters. The zero-order chi connectivity index (χ0) is 20.5. The van der Waals surface area contributed by atoms with Crippen molar-refractivity contribution in [3.05, 3.63) is 95.1 Å². The number of carbonyl (C=O) groups excluding carboxylic acids is 1. The SMILES string of the molecule is Cc1ccc(C2=NN3C(C2)c2ccccc2OC32C(=O)N(C)c3ccccc32)cc1. The molecule has 6 rings (SSSR count). The predicted molar refractivity (Wildman–Crippen MR) is 116 cm³/mol. The number of ether oxygens (including phenoxy) is 1. The molecule has 0 saturated heterocycles. The number of anilines is 1. The summed E-state index contributed by atoms with van der Waals surface area (Å²) in [5.41, 5.74) is 4.74. The molecule has 3 aromatic carbocycles. The van der Waals surface area contributed by atoms with E-state index < -0.39 is 5.72 Å². The highest BCUT2D eigenvalue weighted by Gasteiger charge is 2.62. The first-order valence-corrected chi connectivity index (χ1v) is 10.2. The Morgan fingerprint density at radius 1 is 1.00 bits per heavy atom. The van der Waals surface area contributed by atoms with Crippen LogP contribution in [0.25, 0.3) is 0 Å². The van der Waals surface area contributed by atoms with Crippen LogP contribution in [0.5, 0.6) is 5.75 Å². The lowest BCUT2D eigenvalue weighted by atomic mass is 9.92. The summed E-state index contributed by atoms with van der Waals surface area (Å²) in [7, 11) is 1.80. The van der Waals surface area contributed by atoms with Gasteiger partial charge in [0, 0.05) is 19.0 Å². The number of likely N-dealkylation sites (N-methyl/N-ethyl adjacent to an activating group) is 1. The standard InChI is InChI=1S/C25H21N3O2/c1-16-11-13-17(14-12-16)20-15-22-18-7-3-6-10-23(18)30-25(28(22)26-20)19-8-4-5-9-21(19)27(2)24(25)29/h3-14,22H,15H2,1-2H3. The van der Waals surface area contributed by atoms with E-state index in [1.165, 1.54) is 5.56 Å². The molecule has 1 amide bonds. The average molecular weight is 395 g/mol. The van der Waals surface area contributed by atoms with Crippen LogP contribution in [-0.4, -0.2) is 23.7 Å². The number of fused-ring (bicyclic) bond motifs is 6. The van der Waals surface area contributed by atoms with Gasteiger partial charge in [0.1, 0.15) is 5.75 Å². The molecule has 0 aliphatic carbocycles. The molecule has 0 aromatic heterocycles. The third-order valence-corrected chi connectivity index (χ3v) is 6.38. The number of amides is 1. The van der Waals surface area contributed by atoms with Crippen molar-refractivity contribution in [2.45, 2.75) is 25.1 Å². The topological polar surface area (TPSA) is 45.1 Å². The van der Waals surface area contributed by atoms with Crippen LogP contribution in [0.2, 0.25) is 0 Å². The summed E-state index contributed by atoms with van der Waals surface area (Å²) in [6.45, 7) is 2.08. The molecule has 5 heteroatoms. The molecular formula is C25H21N3O2. The monoisotopic (exact) mass is 395 g/mol. The van der Waals surface area contributed by atoms with Crippen molar-refractivity contribution >= 4 is 17.3 Å². The maximum absolute atomic E-state index is 13.7. The molecule has 0 N–H and O–H groups in total. The highest BCUT2D eigenvalue weighted by Crippen LogP contribution is 2.55. The van der Waals surface area contributed by atoms with Crippen LogP contribution in [0.4, 0.5) is 5.69 Å². The van der Waals surface area contributed by atoms with Gasteiger partial charge in [0.25, 0.3) is 5.91 Å². The Balaban J connectivity index is 1.58. The smallest absolute Gasteiger partial charge is 0.306 e. The Morgan fingerprint density at radius 3 is 2.57 bits per heavy atom. The van der Waals surface area contributed by atoms with Crippen molar-refractivity contribution in [3.63, 3.8) is 0 Å². The molecule has 1 spiro atoms. The van der Waals surface area contributed by atoms with Crippen molar-refractivity contribution in [2.24, 2.45) is 5.10 Å². The van der Waals surface area contributed by atoms with Gasteiger partial charge in [0.2, 0.25) is 0 Å². The van der Waals surface area contributed by atoms with Gasteiger partial charge in [0.15, 0.2) is 0 Å². The molecule has 148 valence electrons. The summed E-state index contributed by atoms with van der Waals surface area (Å²) in [4.78, 5) is 15.3. The lowest BCUT2D eigenvalue weighted by molar-refractivity contribution is -0.163. The van der Waals surface area contributed by atoms with Gasteiger partial charge in [0.05, 0.1) is 23.0 Å². The van der Waals surface area contributed by atoms with E-state index in [4.69, 9.17) is 9.84 Å². The molecule has 0 radical (unpaired) electrons. The van der Waals surface area contributed by atoms with Crippen LogP contribution >= 0.6 is 0 Å². The van der Waals surface area contributed by atoms with E-state index in [1.807, 2.05) is 47.5 Å². The third kappa shape index (κ3) is 2.12. The van der Waals surface area contributed by atoms with Crippen LogP contribution in [-0.2, 0) is 10.5 Å². The number of para-hydroxylation sites is 2. The zero-order valence-electron chi connectivity index (χ0n) is 16.9. The van der Waals surface area contributed by atoms with Crippen LogP contribution in [0.15, 0.2) is 77.9 Å². The number of hydrogen-bond acceptors (Lipinski definition) is 4. The van der Waals surface area contributed by atoms with E-state index in [0.717, 1.165) is 40.3 Å². The fourth-order valence-corrected chi connectivity index (χ4v) is 4.84. The molecule has 0 fully saturated rings. The molecule has 3 aliphatic rings. The molecule has 5 nitrogen and oxygen atoms in total. The number of hydrogen-bond donors (Lipinski definition) is 0. The molecule has 0 bridgehead atoms. The second kappa shape index (κ2) is 5.95. The van der Waals surface area contributed by atoms with Crippen molar-refractivity contribution in [2.75, 3.05) is 11.9 Å². The summed E-state index contributed by atoms with van der Waals surface area (Å²) in [6, 6.07) is 24.1. The van der Waals surface area contributed by atoms with Gasteiger partial charge >= 0.3 is 5.72 Å². The van der Waals surface area contributed by atoms with E-state index in [2.05, 4.69) is 37.3 Å². The first kappa shape index (κ1) is 17.3. The summed E-state index contributed by atoms with van der Waals surface area (Å²) < 4.78 is 6.53. The number of benzene rings is 3. The second-order valence-electron chi connectivity index (χ2n) is 8.14. The average Bonchev–Trinajstić information content (AvgIpc) is 3.31. The maximum atomic E-state index is 13.7. The minimum Gasteiger partial charge on any atom is -0.453 e. The van der Waals surface area contributed by atoms with Gasteiger partial charge in [-0.1, -0.05) is 66.2 Å². The van der Waals surface area contributed by atoms with Crippen LogP contribution in [0.3, 0.4) is 0 Å². The van der Waals surface area contributed by atoms with Crippen LogP contribution < -0.4 is 9.64 Å². The van der Waals surface area contributed by atoms with Crippen molar-refractivity contribution in [1.82, 2.24) is 5.01 Å². The number of carbonyl (C=O) groups is 1. The Morgan fingerprint density at radius 2 is 1.73 bits per heavy atom. The fraction of sp³-hybridized carbons (Fsp3) is 0.200. The Kier molecular flexibility index (Phi) is 3.43. The van der Waals surface area contributed by atoms with Gasteiger partial charge in [-0.15, -0.1) is 0 Å². The van der Waals surface area contributed by atoms with Crippen LogP contribution in [0.1, 0.15) is 34.7 Å². The van der Waals surface area contributed by atoms with E-state index in [9.17, 15) is 4.79 Å². The molecule has 3 aliphatic heterocycles. The van der Waals surface area contributed by atoms with E-state index >= 15 is 0 Å². The minimum atomic E-state index is -1.28. The maximum Gasteiger partial charge on any atom is 0.306 e. The molecule has 30 heavy (non-hydrogen) atoms. The first-order valence-electron chi connectivity index (χ1n) is 10.2. The van der Waals surface area contributed by atoms with E-state index in [0.29, 0.717) is 0 Å². The molecule has 3 heterocycles. The number of aryl methyl sites for hydroxylation is 1. The molecule has 3 aromatic rings. The lowest BCUT2D eigenvalue weighted by Crippen LogP contribution is -2.56. The summed E-state index contributed by atoms with van der Waals surface area (Å²) in [5, 5.41) is 6.90. The van der Waals surface area contributed by atoms with Gasteiger partial charge in [-0.05, 0) is 24.6 Å². The number of nitrogens with zero attached hydrogens (tertiary/aromatic N) is 3. The predicted octanol–water partition coefficient (Wildman–Crippen LogP) is 4.37. The largest absolute Gasteiger partial charge is 0.453 e. The Bertz CT molecular complexity index is 1220. The number of rotatable bonds is 1. The summed E-state index contributed by atoms with van der Waals surface area (Å²) in [6.07, 6.45) is 0.727. The van der Waals surface area contributed by atoms with Crippen molar-refractivity contribution in [3.8, 4) is 5.75 Å². The first-order chi connectivity index (χ1) is 14.6. The van der Waals surface area contributed by atoms with E-state index in [1.54, 1.807) is 11.9 Å². The molecule has 0 saturated carbocycles. The summed E-state index contributed by atoms with van der Waals surface area (Å²) >= 11 is 0. The van der Waals surface area contributed by atoms with Gasteiger partial charge in [-0.3, -0.25) is 4.79 Å². The van der Waals surface area contributed by atoms with Gasteiger partial charge in [-0.2, -0.15) is 5.10 Å². The Hall–Kier alpha value is -3.60. The third-order valence-electron chi connectivity index (χ3n) is 6.38. The lowest BCUT2D eigenvalue weighted by Gasteiger charge is -2.44. The Labute approximate surface area is 175 Å². The quantitative estimate of drug-likeness (QED) is 0.615. The normalized spacial score (nSPS) is 23.7. The highest BCUT2D eigenvalue weighted by molar-refractivity contribution is 6.08. The second-order valence-corrected chi connectivity index (χ2v) is 8.14. The van der Waals surface area contributed by atoms with Crippen LogP contribution in [0, 0.1) is 6.92 Å². The number of hydrazone groups is 1. The minimum absolute atomic E-state index is 0.0604. The summed E-state index contributed by atoms with van der Waals surface area (Å²) in [5.74, 6) is 0.634. The molecule has 2 unspecified atom stereocenters. The van der Waals surface area contributed by atoms with E-state index in [-0.39, 0.29) is 11.9 Å². The molecular weight excluding hydrogens is 374 g/mol.